The van der Waals surface area contributed by atoms with Crippen molar-refractivity contribution in [2.24, 2.45) is 17.9 Å². The lowest BCUT2D eigenvalue weighted by Crippen LogP contribution is -2.47. The van der Waals surface area contributed by atoms with E-state index in [2.05, 4.69) is 26.9 Å². The molecule has 13 nitrogen and oxygen atoms in total. The number of anilines is 2. The quantitative estimate of drug-likeness (QED) is 0.302. The zero-order valence-electron chi connectivity index (χ0n) is 24.0. The van der Waals surface area contributed by atoms with Gasteiger partial charge in [-0.3, -0.25) is 19.5 Å². The Balaban J connectivity index is 1.11. The fraction of sp³-hybridized carbons (Fsp3) is 0.464. The summed E-state index contributed by atoms with van der Waals surface area (Å²) in [6.07, 6.45) is 1.60. The first-order valence-electron chi connectivity index (χ1n) is 13.8. The summed E-state index contributed by atoms with van der Waals surface area (Å²) in [4.78, 5) is 27.4. The first-order valence-corrected chi connectivity index (χ1v) is 13.8. The van der Waals surface area contributed by atoms with Gasteiger partial charge in [-0.25, -0.2) is 19.8 Å². The van der Waals surface area contributed by atoms with Gasteiger partial charge in [-0.15, -0.1) is 0 Å². The Morgan fingerprint density at radius 2 is 1.83 bits per heavy atom. The van der Waals surface area contributed by atoms with Gasteiger partial charge in [-0.05, 0) is 50.2 Å². The number of methoxy groups -OCH3 is 1. The van der Waals surface area contributed by atoms with Crippen LogP contribution in [-0.2, 0) is 18.3 Å². The van der Waals surface area contributed by atoms with E-state index in [1.165, 1.54) is 10.7 Å². The van der Waals surface area contributed by atoms with E-state index in [0.29, 0.717) is 41.9 Å². The van der Waals surface area contributed by atoms with E-state index in [1.807, 2.05) is 38.1 Å². The van der Waals surface area contributed by atoms with Gasteiger partial charge in [0.2, 0.25) is 5.78 Å². The predicted molar refractivity (Wildman–Crippen MR) is 156 cm³/mol. The molecule has 2 aliphatic heterocycles. The summed E-state index contributed by atoms with van der Waals surface area (Å²) >= 11 is 0. The van der Waals surface area contributed by atoms with Crippen molar-refractivity contribution in [3.05, 3.63) is 64.6 Å². The summed E-state index contributed by atoms with van der Waals surface area (Å²) in [6, 6.07) is 11.9. The van der Waals surface area contributed by atoms with Crippen LogP contribution in [0.15, 0.2) is 56.9 Å². The molecule has 0 aliphatic carbocycles. The Morgan fingerprint density at radius 3 is 2.51 bits per heavy atom. The van der Waals surface area contributed by atoms with Gasteiger partial charge >= 0.3 is 5.69 Å². The summed E-state index contributed by atoms with van der Waals surface area (Å²) in [5.41, 5.74) is 1.98. The van der Waals surface area contributed by atoms with Gasteiger partial charge in [-0.1, -0.05) is 0 Å². The van der Waals surface area contributed by atoms with Crippen molar-refractivity contribution in [3.8, 4) is 5.75 Å². The summed E-state index contributed by atoms with van der Waals surface area (Å²) in [6.45, 7) is 9.59. The minimum absolute atomic E-state index is 0.141. The zero-order valence-corrected chi connectivity index (χ0v) is 24.0. The number of benzene rings is 1. The molecule has 0 spiro atoms. The maximum absolute atomic E-state index is 13.3. The highest BCUT2D eigenvalue weighted by molar-refractivity contribution is 6.14. The third-order valence-electron chi connectivity index (χ3n) is 7.85. The fourth-order valence-electron chi connectivity index (χ4n) is 5.23. The number of hydrogen-bond acceptors (Lipinski definition) is 10. The van der Waals surface area contributed by atoms with Crippen LogP contribution in [0.1, 0.15) is 25.3 Å². The highest BCUT2D eigenvalue weighted by atomic mass is 16.5. The van der Waals surface area contributed by atoms with Crippen LogP contribution in [0.25, 0.3) is 5.78 Å². The number of fused-ring (bicyclic) bond motifs is 3. The second-order valence-electron chi connectivity index (χ2n) is 11.0. The second-order valence-corrected chi connectivity index (χ2v) is 11.0. The lowest BCUT2D eigenvalue weighted by atomic mass is 10.1. The van der Waals surface area contributed by atoms with Crippen molar-refractivity contribution < 1.29 is 13.9 Å². The molecule has 0 radical (unpaired) electrons. The van der Waals surface area contributed by atoms with E-state index in [0.717, 1.165) is 38.5 Å². The van der Waals surface area contributed by atoms with Crippen LogP contribution in [0, 0.1) is 0 Å². The number of hydrogen-bond donors (Lipinski definition) is 1. The number of aliphatic imine (C=N–C) groups is 1. The smallest absolute Gasteiger partial charge is 0.345 e. The maximum Gasteiger partial charge on any atom is 0.345 e. The normalized spacial score (nSPS) is 16.4. The highest BCUT2D eigenvalue weighted by Gasteiger charge is 2.31. The molecule has 0 amide bonds. The molecule has 0 unspecified atom stereocenters. The van der Waals surface area contributed by atoms with Crippen molar-refractivity contribution in [1.29, 1.82) is 0 Å². The lowest BCUT2D eigenvalue weighted by molar-refractivity contribution is -0.0146. The van der Waals surface area contributed by atoms with Crippen LogP contribution >= 0.6 is 0 Å². The van der Waals surface area contributed by atoms with E-state index in [-0.39, 0.29) is 18.0 Å². The minimum Gasteiger partial charge on any atom is -0.491 e. The molecule has 0 saturated carbocycles. The Kier molecular flexibility index (Phi) is 7.09. The van der Waals surface area contributed by atoms with Gasteiger partial charge < -0.3 is 18.8 Å². The monoisotopic (exact) mass is 563 g/mol. The van der Waals surface area contributed by atoms with Gasteiger partial charge in [0.1, 0.15) is 30.4 Å². The number of hydrazine groups is 1. The molecular formula is C28H37N9O4. The first kappa shape index (κ1) is 27.1. The maximum atomic E-state index is 13.3. The van der Waals surface area contributed by atoms with Crippen LogP contribution in [0.2, 0.25) is 0 Å². The molecule has 13 heteroatoms. The number of piperazine rings is 1. The predicted octanol–water partition coefficient (Wildman–Crippen LogP) is 1.54. The fourth-order valence-corrected chi connectivity index (χ4v) is 5.23. The Hall–Kier alpha value is -4.07. The third kappa shape index (κ3) is 5.11. The van der Waals surface area contributed by atoms with Crippen LogP contribution in [-0.4, -0.2) is 88.1 Å². The van der Waals surface area contributed by atoms with Crippen molar-refractivity contribution >= 4 is 23.0 Å². The van der Waals surface area contributed by atoms with Gasteiger partial charge in [0.25, 0.3) is 0 Å². The number of rotatable bonds is 9. The third-order valence-corrected chi connectivity index (χ3v) is 7.85. The SMILES string of the molecule is COC(C)(C)COc1ccc(N2CCN(CCn3c(=O)n(C)n4c5c(nc34)N(N)CN=C5c3ccco3)CC2)cc1. The van der Waals surface area contributed by atoms with Crippen molar-refractivity contribution in [2.45, 2.75) is 26.0 Å². The molecule has 4 aromatic rings. The van der Waals surface area contributed by atoms with E-state index in [4.69, 9.17) is 24.7 Å². The first-order chi connectivity index (χ1) is 19.8. The van der Waals surface area contributed by atoms with Crippen LogP contribution < -0.4 is 26.2 Å². The number of nitrogens with zero attached hydrogens (tertiary/aromatic N) is 8. The van der Waals surface area contributed by atoms with E-state index >= 15 is 0 Å². The number of aromatic nitrogens is 4. The molecule has 0 atom stereocenters. The van der Waals surface area contributed by atoms with Crippen molar-refractivity contribution in [2.75, 3.05) is 63.0 Å². The largest absolute Gasteiger partial charge is 0.491 e. The standard InChI is InChI=1S/C28H37N9O4/c1-28(2,39-4)18-41-21-9-7-20(8-10-21)34-14-11-33(12-15-34)13-16-35-26-31-25-24(37(26)32(3)27(35)38)23(30-19-36(25)29)22-6-5-17-40-22/h5-10,17H,11-16,18-19,29H2,1-4H3. The second kappa shape index (κ2) is 10.7. The molecule has 2 aliphatic rings. The van der Waals surface area contributed by atoms with Crippen molar-refractivity contribution in [1.82, 2.24) is 23.6 Å². The lowest BCUT2D eigenvalue weighted by Gasteiger charge is -2.36. The average molecular weight is 564 g/mol. The van der Waals surface area contributed by atoms with Crippen molar-refractivity contribution in [3.63, 3.8) is 0 Å². The molecule has 2 N–H and O–H groups in total. The number of imidazole rings is 1. The average Bonchev–Trinajstić information content (AvgIpc) is 3.71. The number of aryl methyl sites for hydroxylation is 1. The molecule has 0 bridgehead atoms. The Labute approximate surface area is 237 Å². The summed E-state index contributed by atoms with van der Waals surface area (Å²) in [7, 11) is 3.42. The van der Waals surface area contributed by atoms with E-state index < -0.39 is 0 Å². The van der Waals surface area contributed by atoms with Crippen LogP contribution in [0.3, 0.4) is 0 Å². The van der Waals surface area contributed by atoms with Gasteiger partial charge in [0.05, 0.1) is 11.9 Å². The molecule has 41 heavy (non-hydrogen) atoms. The van der Waals surface area contributed by atoms with Crippen LogP contribution in [0.5, 0.6) is 5.75 Å². The molecule has 5 heterocycles. The Morgan fingerprint density at radius 1 is 1.07 bits per heavy atom. The van der Waals surface area contributed by atoms with Gasteiger partial charge in [0.15, 0.2) is 11.6 Å². The molecule has 218 valence electrons. The molecular weight excluding hydrogens is 526 g/mol. The van der Waals surface area contributed by atoms with E-state index in [1.54, 1.807) is 34.2 Å². The number of furan rings is 1. The van der Waals surface area contributed by atoms with Gasteiger partial charge in [-0.2, -0.15) is 4.98 Å². The zero-order chi connectivity index (χ0) is 28.7. The molecule has 3 aromatic heterocycles. The summed E-state index contributed by atoms with van der Waals surface area (Å²) in [5, 5.41) is 1.49. The number of ether oxygens (including phenoxy) is 2. The topological polar surface area (TPSA) is 124 Å². The summed E-state index contributed by atoms with van der Waals surface area (Å²) < 4.78 is 22.0. The van der Waals surface area contributed by atoms with E-state index in [9.17, 15) is 4.79 Å². The molecule has 6 rings (SSSR count). The van der Waals surface area contributed by atoms with Crippen LogP contribution in [0.4, 0.5) is 11.5 Å². The Bertz CT molecular complexity index is 1590. The molecule has 1 aromatic carbocycles. The highest BCUT2D eigenvalue weighted by Crippen LogP contribution is 2.27. The molecule has 1 fully saturated rings. The van der Waals surface area contributed by atoms with Gasteiger partial charge in [0, 0.05) is 59.1 Å². The number of nitrogens with two attached hydrogens (primary N) is 1. The molecule has 1 saturated heterocycles. The summed E-state index contributed by atoms with van der Waals surface area (Å²) in [5.74, 6) is 8.76. The minimum atomic E-state index is -0.329.